The Hall–Kier alpha value is -1.81. The summed E-state index contributed by atoms with van der Waals surface area (Å²) in [6.07, 6.45) is 0. The lowest BCUT2D eigenvalue weighted by Crippen LogP contribution is -1.98. The molecule has 0 bridgehead atoms. The fraction of sp³-hybridized carbons (Fsp3) is 0.133. The van der Waals surface area contributed by atoms with Crippen molar-refractivity contribution in [2.24, 2.45) is 0 Å². The molecule has 19 heavy (non-hydrogen) atoms. The standard InChI is InChI=1S/C15H13BrO3/c1-10(17)13-7-6-12(8-15(13)18)19-9-11-4-2-3-5-14(11)16/h2-8,18H,9H2,1H3. The quantitative estimate of drug-likeness (QED) is 0.868. The van der Waals surface area contributed by atoms with Crippen LogP contribution >= 0.6 is 15.9 Å². The van der Waals surface area contributed by atoms with Gasteiger partial charge in [0.1, 0.15) is 18.1 Å². The molecule has 0 aromatic heterocycles. The molecule has 0 aliphatic rings. The number of carbonyl (C=O) groups is 1. The van der Waals surface area contributed by atoms with Gasteiger partial charge < -0.3 is 9.84 Å². The first kappa shape index (κ1) is 13.6. The molecule has 0 unspecified atom stereocenters. The summed E-state index contributed by atoms with van der Waals surface area (Å²) in [5, 5.41) is 9.70. The summed E-state index contributed by atoms with van der Waals surface area (Å²) in [5.41, 5.74) is 1.31. The molecule has 0 heterocycles. The van der Waals surface area contributed by atoms with Crippen molar-refractivity contribution in [3.05, 3.63) is 58.1 Å². The molecule has 98 valence electrons. The van der Waals surface area contributed by atoms with E-state index in [0.717, 1.165) is 10.0 Å². The van der Waals surface area contributed by atoms with Crippen LogP contribution in [0.1, 0.15) is 22.8 Å². The number of halogens is 1. The van der Waals surface area contributed by atoms with Crippen LogP contribution in [0.4, 0.5) is 0 Å². The van der Waals surface area contributed by atoms with Gasteiger partial charge in [-0.15, -0.1) is 0 Å². The number of phenols is 1. The van der Waals surface area contributed by atoms with Crippen LogP contribution in [-0.4, -0.2) is 10.9 Å². The van der Waals surface area contributed by atoms with Gasteiger partial charge in [-0.1, -0.05) is 34.1 Å². The van der Waals surface area contributed by atoms with Gasteiger partial charge in [0.2, 0.25) is 0 Å². The average molecular weight is 321 g/mol. The molecule has 2 aromatic carbocycles. The third-order valence-electron chi connectivity index (χ3n) is 2.70. The number of rotatable bonds is 4. The number of ketones is 1. The number of hydrogen-bond donors (Lipinski definition) is 1. The van der Waals surface area contributed by atoms with Crippen LogP contribution in [0, 0.1) is 0 Å². The Balaban J connectivity index is 2.11. The molecule has 3 nitrogen and oxygen atoms in total. The van der Waals surface area contributed by atoms with Crippen molar-refractivity contribution < 1.29 is 14.6 Å². The van der Waals surface area contributed by atoms with E-state index in [1.807, 2.05) is 24.3 Å². The molecule has 0 aliphatic heterocycles. The molecule has 2 rings (SSSR count). The fourth-order valence-corrected chi connectivity index (χ4v) is 2.07. The van der Waals surface area contributed by atoms with E-state index in [9.17, 15) is 9.90 Å². The summed E-state index contributed by atoms with van der Waals surface area (Å²) in [6.45, 7) is 1.80. The second-order valence-electron chi connectivity index (χ2n) is 4.12. The van der Waals surface area contributed by atoms with E-state index >= 15 is 0 Å². The van der Waals surface area contributed by atoms with Crippen LogP contribution in [0.2, 0.25) is 0 Å². The number of phenolic OH excluding ortho intramolecular Hbond substituents is 1. The van der Waals surface area contributed by atoms with E-state index in [1.165, 1.54) is 13.0 Å². The van der Waals surface area contributed by atoms with Crippen LogP contribution in [0.5, 0.6) is 11.5 Å². The molecule has 0 aliphatic carbocycles. The molecule has 0 amide bonds. The largest absolute Gasteiger partial charge is 0.507 e. The number of benzene rings is 2. The highest BCUT2D eigenvalue weighted by Crippen LogP contribution is 2.25. The number of ether oxygens (including phenoxy) is 1. The molecule has 0 atom stereocenters. The molecule has 0 radical (unpaired) electrons. The van der Waals surface area contributed by atoms with Crippen molar-refractivity contribution >= 4 is 21.7 Å². The van der Waals surface area contributed by atoms with Gasteiger partial charge in [0.25, 0.3) is 0 Å². The minimum Gasteiger partial charge on any atom is -0.507 e. The predicted octanol–water partition coefficient (Wildman–Crippen LogP) is 3.94. The van der Waals surface area contributed by atoms with E-state index in [4.69, 9.17) is 4.74 Å². The van der Waals surface area contributed by atoms with Gasteiger partial charge in [0.15, 0.2) is 5.78 Å². The van der Waals surface area contributed by atoms with Gasteiger partial charge in [-0.2, -0.15) is 0 Å². The molecule has 0 saturated carbocycles. The topological polar surface area (TPSA) is 46.5 Å². The molecule has 0 spiro atoms. The first-order valence-corrected chi connectivity index (χ1v) is 6.57. The summed E-state index contributed by atoms with van der Waals surface area (Å²) in [7, 11) is 0. The van der Waals surface area contributed by atoms with Gasteiger partial charge in [-0.05, 0) is 25.1 Å². The monoisotopic (exact) mass is 320 g/mol. The zero-order valence-electron chi connectivity index (χ0n) is 10.4. The van der Waals surface area contributed by atoms with Crippen molar-refractivity contribution in [2.45, 2.75) is 13.5 Å². The summed E-state index contributed by atoms with van der Waals surface area (Å²) < 4.78 is 6.56. The average Bonchev–Trinajstić information content (AvgIpc) is 2.37. The number of hydrogen-bond acceptors (Lipinski definition) is 3. The van der Waals surface area contributed by atoms with E-state index < -0.39 is 0 Å². The van der Waals surface area contributed by atoms with Crippen molar-refractivity contribution in [1.82, 2.24) is 0 Å². The lowest BCUT2D eigenvalue weighted by atomic mass is 10.1. The lowest BCUT2D eigenvalue weighted by molar-refractivity contribution is 0.101. The van der Waals surface area contributed by atoms with Gasteiger partial charge in [0.05, 0.1) is 5.56 Å². The van der Waals surface area contributed by atoms with Gasteiger partial charge in [0, 0.05) is 16.1 Å². The summed E-state index contributed by atoms with van der Waals surface area (Å²) >= 11 is 3.44. The SMILES string of the molecule is CC(=O)c1ccc(OCc2ccccc2Br)cc1O. The van der Waals surface area contributed by atoms with Crippen LogP contribution in [0.3, 0.4) is 0 Å². The second-order valence-corrected chi connectivity index (χ2v) is 4.97. The highest BCUT2D eigenvalue weighted by Gasteiger charge is 2.08. The summed E-state index contributed by atoms with van der Waals surface area (Å²) in [4.78, 5) is 11.2. The number of Topliss-reactive ketones (excluding diaryl/α,β-unsaturated/α-hetero) is 1. The van der Waals surface area contributed by atoms with Crippen molar-refractivity contribution in [3.8, 4) is 11.5 Å². The Morgan fingerprint density at radius 1 is 1.26 bits per heavy atom. The highest BCUT2D eigenvalue weighted by atomic mass is 79.9. The van der Waals surface area contributed by atoms with E-state index in [1.54, 1.807) is 12.1 Å². The summed E-state index contributed by atoms with van der Waals surface area (Å²) in [5.74, 6) is 0.297. The third-order valence-corrected chi connectivity index (χ3v) is 3.47. The molecule has 1 N–H and O–H groups in total. The Kier molecular flexibility index (Phi) is 4.22. The first-order chi connectivity index (χ1) is 9.08. The first-order valence-electron chi connectivity index (χ1n) is 5.78. The van der Waals surface area contributed by atoms with Crippen LogP contribution in [0.15, 0.2) is 46.9 Å². The molecule has 0 fully saturated rings. The van der Waals surface area contributed by atoms with Gasteiger partial charge in [-0.3, -0.25) is 4.79 Å². The van der Waals surface area contributed by atoms with Crippen LogP contribution in [-0.2, 0) is 6.61 Å². The maximum Gasteiger partial charge on any atom is 0.163 e. The Morgan fingerprint density at radius 3 is 2.63 bits per heavy atom. The van der Waals surface area contributed by atoms with Crippen LogP contribution in [0.25, 0.3) is 0 Å². The Morgan fingerprint density at radius 2 is 2.00 bits per heavy atom. The fourth-order valence-electron chi connectivity index (χ4n) is 1.68. The lowest BCUT2D eigenvalue weighted by Gasteiger charge is -2.09. The maximum absolute atomic E-state index is 11.2. The molecule has 0 saturated heterocycles. The third kappa shape index (κ3) is 3.35. The molecule has 2 aromatic rings. The zero-order chi connectivity index (χ0) is 13.8. The summed E-state index contributed by atoms with van der Waals surface area (Å²) in [6, 6.07) is 12.4. The normalized spacial score (nSPS) is 10.2. The second kappa shape index (κ2) is 5.89. The molecular weight excluding hydrogens is 308 g/mol. The minimum atomic E-state index is -0.171. The van der Waals surface area contributed by atoms with Crippen molar-refractivity contribution in [2.75, 3.05) is 0 Å². The predicted molar refractivity (Wildman–Crippen MR) is 76.6 cm³/mol. The Bertz CT molecular complexity index is 608. The van der Waals surface area contributed by atoms with E-state index in [0.29, 0.717) is 17.9 Å². The van der Waals surface area contributed by atoms with E-state index in [-0.39, 0.29) is 11.5 Å². The number of carbonyl (C=O) groups excluding carboxylic acids is 1. The Labute approximate surface area is 120 Å². The highest BCUT2D eigenvalue weighted by molar-refractivity contribution is 9.10. The number of aromatic hydroxyl groups is 1. The van der Waals surface area contributed by atoms with Gasteiger partial charge in [-0.25, -0.2) is 0 Å². The molecular formula is C15H13BrO3. The van der Waals surface area contributed by atoms with Crippen molar-refractivity contribution in [3.63, 3.8) is 0 Å². The van der Waals surface area contributed by atoms with Crippen LogP contribution < -0.4 is 4.74 Å². The minimum absolute atomic E-state index is 0.0582. The van der Waals surface area contributed by atoms with Gasteiger partial charge >= 0.3 is 0 Å². The molecule has 4 heteroatoms. The van der Waals surface area contributed by atoms with Crippen molar-refractivity contribution in [1.29, 1.82) is 0 Å². The maximum atomic E-state index is 11.2. The zero-order valence-corrected chi connectivity index (χ0v) is 12.0. The van der Waals surface area contributed by atoms with E-state index in [2.05, 4.69) is 15.9 Å². The smallest absolute Gasteiger partial charge is 0.163 e.